The van der Waals surface area contributed by atoms with Gasteiger partial charge in [-0.2, -0.15) is 5.26 Å². The molecular formula is C25H35N3O3. The average Bonchev–Trinajstić information content (AvgIpc) is 2.82. The van der Waals surface area contributed by atoms with Crippen LogP contribution >= 0.6 is 0 Å². The van der Waals surface area contributed by atoms with Crippen LogP contribution in [0.25, 0.3) is 5.70 Å². The number of allylic oxidation sites excluding steroid dienone is 1. The summed E-state index contributed by atoms with van der Waals surface area (Å²) in [7, 11) is 1.66. The van der Waals surface area contributed by atoms with Crippen LogP contribution in [-0.2, 0) is 4.74 Å². The van der Waals surface area contributed by atoms with Gasteiger partial charge in [-0.25, -0.2) is 0 Å². The zero-order valence-electron chi connectivity index (χ0n) is 18.9. The van der Waals surface area contributed by atoms with Crippen LogP contribution in [0.5, 0.6) is 11.5 Å². The van der Waals surface area contributed by atoms with Gasteiger partial charge in [-0.15, -0.1) is 0 Å². The Morgan fingerprint density at radius 3 is 2.68 bits per heavy atom. The number of hydrogen-bond acceptors (Lipinski definition) is 6. The molecule has 2 heterocycles. The fourth-order valence-corrected chi connectivity index (χ4v) is 5.27. The van der Waals surface area contributed by atoms with Crippen molar-refractivity contribution in [2.75, 3.05) is 40.0 Å². The van der Waals surface area contributed by atoms with Gasteiger partial charge in [0.15, 0.2) is 11.5 Å². The summed E-state index contributed by atoms with van der Waals surface area (Å²) in [6, 6.07) is 6.80. The number of hydrogen-bond donors (Lipinski definition) is 1. The lowest BCUT2D eigenvalue weighted by Crippen LogP contribution is -2.41. The molecule has 31 heavy (non-hydrogen) atoms. The fraction of sp³-hybridized carbons (Fsp3) is 0.640. The number of piperidine rings is 1. The Kier molecular flexibility index (Phi) is 7.24. The summed E-state index contributed by atoms with van der Waals surface area (Å²) in [6.07, 6.45) is 8.53. The van der Waals surface area contributed by atoms with Crippen molar-refractivity contribution >= 4 is 5.70 Å². The summed E-state index contributed by atoms with van der Waals surface area (Å²) in [5.41, 5.74) is 3.06. The van der Waals surface area contributed by atoms with E-state index in [1.54, 1.807) is 7.11 Å². The van der Waals surface area contributed by atoms with Crippen LogP contribution in [0.2, 0.25) is 0 Å². The number of likely N-dealkylation sites (tertiary alicyclic amines) is 1. The summed E-state index contributed by atoms with van der Waals surface area (Å²) in [6.45, 7) is 6.23. The van der Waals surface area contributed by atoms with E-state index in [9.17, 15) is 5.26 Å². The maximum atomic E-state index is 9.96. The predicted molar refractivity (Wildman–Crippen MR) is 121 cm³/mol. The molecule has 6 heteroatoms. The minimum atomic E-state index is 0.327. The molecule has 2 atom stereocenters. The third-order valence-corrected chi connectivity index (χ3v) is 6.83. The number of benzene rings is 1. The third kappa shape index (κ3) is 4.77. The average molecular weight is 426 g/mol. The van der Waals surface area contributed by atoms with Crippen LogP contribution in [0.1, 0.15) is 68.9 Å². The van der Waals surface area contributed by atoms with Gasteiger partial charge in [-0.3, -0.25) is 4.90 Å². The van der Waals surface area contributed by atoms with Crippen molar-refractivity contribution < 1.29 is 14.2 Å². The molecule has 1 aromatic carbocycles. The first-order chi connectivity index (χ1) is 15.2. The molecule has 0 aromatic heterocycles. The summed E-state index contributed by atoms with van der Waals surface area (Å²) in [5.74, 6) is 2.28. The number of fused-ring (bicyclic) bond motifs is 3. The maximum Gasteiger partial charge on any atom is 0.221 e. The molecular weight excluding hydrogens is 390 g/mol. The lowest BCUT2D eigenvalue weighted by atomic mass is 9.75. The van der Waals surface area contributed by atoms with E-state index in [0.29, 0.717) is 36.7 Å². The topological polar surface area (TPSA) is 66.8 Å². The number of nitrogens with zero attached hydrogens (tertiary/aromatic N) is 2. The minimum Gasteiger partial charge on any atom is -0.493 e. The summed E-state index contributed by atoms with van der Waals surface area (Å²) in [5, 5.41) is 13.6. The van der Waals surface area contributed by atoms with Gasteiger partial charge in [0.25, 0.3) is 0 Å². The van der Waals surface area contributed by atoms with E-state index in [4.69, 9.17) is 14.2 Å². The van der Waals surface area contributed by atoms with E-state index >= 15 is 0 Å². The number of methoxy groups -OCH3 is 1. The van der Waals surface area contributed by atoms with E-state index in [2.05, 4.69) is 22.4 Å². The van der Waals surface area contributed by atoms with Gasteiger partial charge in [-0.05, 0) is 63.4 Å². The number of ether oxygens (including phenoxy) is 3. The highest BCUT2D eigenvalue weighted by molar-refractivity contribution is 5.76. The van der Waals surface area contributed by atoms with Crippen LogP contribution in [-0.4, -0.2) is 50.9 Å². The van der Waals surface area contributed by atoms with Crippen molar-refractivity contribution in [3.8, 4) is 17.6 Å². The maximum absolute atomic E-state index is 9.96. The second-order valence-electron chi connectivity index (χ2n) is 8.73. The smallest absolute Gasteiger partial charge is 0.221 e. The Labute approximate surface area is 186 Å². The van der Waals surface area contributed by atoms with E-state index in [-0.39, 0.29) is 0 Å². The van der Waals surface area contributed by atoms with Crippen LogP contribution in [0.4, 0.5) is 0 Å². The lowest BCUT2D eigenvalue weighted by Gasteiger charge is -2.40. The molecule has 1 N–H and O–H groups in total. The molecule has 1 aromatic rings. The molecule has 2 aliphatic heterocycles. The molecule has 1 aliphatic carbocycles. The molecule has 3 aliphatic rings. The van der Waals surface area contributed by atoms with Crippen LogP contribution < -0.4 is 14.8 Å². The van der Waals surface area contributed by atoms with Crippen molar-refractivity contribution in [3.63, 3.8) is 0 Å². The first-order valence-electron chi connectivity index (χ1n) is 11.9. The standard InChI is InChI=1S/C25H35N3O3/c1-3-30-23-15-19-18-9-5-6-10-21(18)27-25(20(19)16-22(23)29-2)24(17-26)31-14-13-28-11-7-4-8-12-28/h15-16,18,21,27H,3-14H2,1-2H3/t18-,21-/m1/s1. The van der Waals surface area contributed by atoms with E-state index in [1.807, 2.05) is 13.0 Å². The van der Waals surface area contributed by atoms with Gasteiger partial charge in [0.2, 0.25) is 5.76 Å². The summed E-state index contributed by atoms with van der Waals surface area (Å²) in [4.78, 5) is 2.43. The molecule has 2 fully saturated rings. The van der Waals surface area contributed by atoms with Crippen LogP contribution in [0.15, 0.2) is 17.9 Å². The second-order valence-corrected chi connectivity index (χ2v) is 8.73. The molecule has 0 amide bonds. The quantitative estimate of drug-likeness (QED) is 0.515. The SMILES string of the molecule is CCOc1cc2c(cc1OC)C(=C(C#N)OCCN1CCCCC1)N[C@@H]1CCCC[C@H]21. The minimum absolute atomic E-state index is 0.327. The Balaban J connectivity index is 1.65. The molecule has 1 saturated carbocycles. The Hall–Kier alpha value is -2.39. The number of nitriles is 1. The van der Waals surface area contributed by atoms with Crippen molar-refractivity contribution in [2.24, 2.45) is 0 Å². The van der Waals surface area contributed by atoms with Crippen molar-refractivity contribution in [1.29, 1.82) is 5.26 Å². The van der Waals surface area contributed by atoms with Crippen molar-refractivity contribution in [2.45, 2.75) is 63.8 Å². The van der Waals surface area contributed by atoms with E-state index in [0.717, 1.165) is 49.5 Å². The van der Waals surface area contributed by atoms with Crippen LogP contribution in [0.3, 0.4) is 0 Å². The monoisotopic (exact) mass is 425 g/mol. The molecule has 1 saturated heterocycles. The largest absolute Gasteiger partial charge is 0.493 e. The van der Waals surface area contributed by atoms with Gasteiger partial charge in [-0.1, -0.05) is 19.3 Å². The normalized spacial score (nSPS) is 24.8. The molecule has 0 unspecified atom stereocenters. The van der Waals surface area contributed by atoms with Gasteiger partial charge < -0.3 is 19.5 Å². The fourth-order valence-electron chi connectivity index (χ4n) is 5.27. The van der Waals surface area contributed by atoms with Gasteiger partial charge in [0.1, 0.15) is 12.7 Å². The highest BCUT2D eigenvalue weighted by Crippen LogP contribution is 2.45. The second kappa shape index (κ2) is 10.3. The predicted octanol–water partition coefficient (Wildman–Crippen LogP) is 4.42. The van der Waals surface area contributed by atoms with Gasteiger partial charge in [0, 0.05) is 24.1 Å². The molecule has 6 nitrogen and oxygen atoms in total. The molecule has 168 valence electrons. The zero-order chi connectivity index (χ0) is 21.6. The first-order valence-corrected chi connectivity index (χ1v) is 11.9. The molecule has 4 rings (SSSR count). The van der Waals surface area contributed by atoms with Crippen molar-refractivity contribution in [3.05, 3.63) is 29.0 Å². The molecule has 0 radical (unpaired) electrons. The van der Waals surface area contributed by atoms with Gasteiger partial charge in [0.05, 0.1) is 19.4 Å². The summed E-state index contributed by atoms with van der Waals surface area (Å²) < 4.78 is 17.5. The Morgan fingerprint density at radius 1 is 1.13 bits per heavy atom. The number of rotatable bonds is 7. The van der Waals surface area contributed by atoms with E-state index in [1.165, 1.54) is 37.7 Å². The zero-order valence-corrected chi connectivity index (χ0v) is 18.9. The lowest BCUT2D eigenvalue weighted by molar-refractivity contribution is 0.149. The highest BCUT2D eigenvalue weighted by atomic mass is 16.5. The Morgan fingerprint density at radius 2 is 1.94 bits per heavy atom. The number of nitrogens with one attached hydrogen (secondary N) is 1. The first kappa shape index (κ1) is 21.8. The van der Waals surface area contributed by atoms with Crippen LogP contribution in [0, 0.1) is 11.3 Å². The van der Waals surface area contributed by atoms with Gasteiger partial charge >= 0.3 is 0 Å². The van der Waals surface area contributed by atoms with E-state index < -0.39 is 0 Å². The summed E-state index contributed by atoms with van der Waals surface area (Å²) >= 11 is 0. The third-order valence-electron chi connectivity index (χ3n) is 6.83. The Bertz CT molecular complexity index is 839. The molecule has 0 spiro atoms. The highest BCUT2D eigenvalue weighted by Gasteiger charge is 2.36. The molecule has 0 bridgehead atoms. The van der Waals surface area contributed by atoms with Crippen molar-refractivity contribution in [1.82, 2.24) is 10.2 Å².